The predicted molar refractivity (Wildman–Crippen MR) is 84.7 cm³/mol. The molecule has 1 aliphatic heterocycles. The molecule has 0 spiro atoms. The lowest BCUT2D eigenvalue weighted by Crippen LogP contribution is -2.33. The van der Waals surface area contributed by atoms with E-state index in [1.807, 2.05) is 31.2 Å². The van der Waals surface area contributed by atoms with Crippen molar-refractivity contribution in [2.24, 2.45) is 0 Å². The summed E-state index contributed by atoms with van der Waals surface area (Å²) in [5, 5.41) is 14.2. The van der Waals surface area contributed by atoms with Crippen molar-refractivity contribution in [1.82, 2.24) is 5.32 Å². The van der Waals surface area contributed by atoms with Crippen LogP contribution in [0, 0.1) is 6.92 Å². The highest BCUT2D eigenvalue weighted by atomic mass is 79.9. The van der Waals surface area contributed by atoms with Gasteiger partial charge in [-0.15, -0.1) is 0 Å². The van der Waals surface area contributed by atoms with Gasteiger partial charge in [0.2, 0.25) is 0 Å². The minimum atomic E-state index is -0.525. The Kier molecular flexibility index (Phi) is 3.92. The van der Waals surface area contributed by atoms with Crippen LogP contribution in [0.1, 0.15) is 34.4 Å². The number of benzene rings is 2. The zero-order valence-corrected chi connectivity index (χ0v) is 13.0. The lowest BCUT2D eigenvalue weighted by Gasteiger charge is -2.31. The van der Waals surface area contributed by atoms with E-state index >= 15 is 0 Å². The minimum absolute atomic E-state index is 0.0273. The van der Waals surface area contributed by atoms with Crippen LogP contribution in [-0.2, 0) is 6.42 Å². The largest absolute Gasteiger partial charge is 0.386 e. The second kappa shape index (κ2) is 5.68. The number of aryl methyl sites for hydroxylation is 1. The van der Waals surface area contributed by atoms with Gasteiger partial charge >= 0.3 is 0 Å². The molecule has 20 heavy (non-hydrogen) atoms. The summed E-state index contributed by atoms with van der Waals surface area (Å²) >= 11 is 3.50. The summed E-state index contributed by atoms with van der Waals surface area (Å²) in [6.45, 7) is 2.96. The van der Waals surface area contributed by atoms with Crippen LogP contribution in [0.3, 0.4) is 0 Å². The van der Waals surface area contributed by atoms with E-state index in [4.69, 9.17) is 0 Å². The number of halogens is 1. The quantitative estimate of drug-likeness (QED) is 0.879. The monoisotopic (exact) mass is 331 g/mol. The van der Waals surface area contributed by atoms with Crippen LogP contribution in [0.15, 0.2) is 46.9 Å². The van der Waals surface area contributed by atoms with E-state index in [0.29, 0.717) is 0 Å². The maximum atomic E-state index is 10.7. The molecule has 2 unspecified atom stereocenters. The topological polar surface area (TPSA) is 32.3 Å². The Labute approximate surface area is 128 Å². The Morgan fingerprint density at radius 2 is 2.05 bits per heavy atom. The molecule has 3 rings (SSSR count). The molecule has 0 radical (unpaired) electrons. The maximum Gasteiger partial charge on any atom is 0.0984 e. The van der Waals surface area contributed by atoms with Crippen LogP contribution in [0.4, 0.5) is 0 Å². The maximum absolute atomic E-state index is 10.7. The Bertz CT molecular complexity index is 626. The highest BCUT2D eigenvalue weighted by molar-refractivity contribution is 9.10. The van der Waals surface area contributed by atoms with Crippen molar-refractivity contribution in [1.29, 1.82) is 0 Å². The third-order valence-corrected chi connectivity index (χ3v) is 4.88. The number of hydrogen-bond donors (Lipinski definition) is 2. The van der Waals surface area contributed by atoms with E-state index in [-0.39, 0.29) is 6.04 Å². The lowest BCUT2D eigenvalue weighted by molar-refractivity contribution is 0.125. The normalized spacial score (nSPS) is 19.4. The van der Waals surface area contributed by atoms with Gasteiger partial charge in [0.1, 0.15) is 0 Å². The summed E-state index contributed by atoms with van der Waals surface area (Å²) in [5.74, 6) is 0. The molecule has 2 aromatic carbocycles. The standard InChI is InChI=1S/C17H18BrNO/c1-11-10-13(6-7-15(11)18)17(20)16-14-5-3-2-4-12(14)8-9-19-16/h2-7,10,16-17,19-20H,8-9H2,1H3. The third kappa shape index (κ3) is 2.53. The second-order valence-corrected chi connectivity index (χ2v) is 6.19. The summed E-state index contributed by atoms with van der Waals surface area (Å²) < 4.78 is 1.07. The Hall–Kier alpha value is -1.16. The molecule has 104 valence electrons. The van der Waals surface area contributed by atoms with Gasteiger partial charge in [0.15, 0.2) is 0 Å². The molecule has 3 heteroatoms. The van der Waals surface area contributed by atoms with E-state index in [1.54, 1.807) is 0 Å². The molecular formula is C17H18BrNO. The van der Waals surface area contributed by atoms with Crippen LogP contribution in [0.25, 0.3) is 0 Å². The average Bonchev–Trinajstić information content (AvgIpc) is 2.49. The van der Waals surface area contributed by atoms with Crippen LogP contribution in [0.5, 0.6) is 0 Å². The first-order valence-electron chi connectivity index (χ1n) is 6.92. The highest BCUT2D eigenvalue weighted by Crippen LogP contribution is 2.34. The van der Waals surface area contributed by atoms with Gasteiger partial charge in [-0.2, -0.15) is 0 Å². The molecule has 2 atom stereocenters. The Morgan fingerprint density at radius 3 is 2.85 bits per heavy atom. The number of fused-ring (bicyclic) bond motifs is 1. The van der Waals surface area contributed by atoms with Gasteiger partial charge in [-0.05, 0) is 48.2 Å². The van der Waals surface area contributed by atoms with Crippen LogP contribution < -0.4 is 5.32 Å². The van der Waals surface area contributed by atoms with Gasteiger partial charge in [0.25, 0.3) is 0 Å². The molecule has 0 saturated carbocycles. The van der Waals surface area contributed by atoms with Crippen molar-refractivity contribution in [3.63, 3.8) is 0 Å². The molecular weight excluding hydrogens is 314 g/mol. The average molecular weight is 332 g/mol. The molecule has 2 aromatic rings. The zero-order valence-electron chi connectivity index (χ0n) is 11.4. The highest BCUT2D eigenvalue weighted by Gasteiger charge is 2.27. The molecule has 1 aliphatic rings. The number of hydrogen-bond acceptors (Lipinski definition) is 2. The molecule has 0 fully saturated rings. The predicted octanol–water partition coefficient (Wildman–Crippen LogP) is 3.68. The number of nitrogens with one attached hydrogen (secondary N) is 1. The number of aliphatic hydroxyl groups excluding tert-OH is 1. The summed E-state index contributed by atoms with van der Waals surface area (Å²) in [4.78, 5) is 0. The third-order valence-electron chi connectivity index (χ3n) is 3.99. The Balaban J connectivity index is 1.95. The van der Waals surface area contributed by atoms with Gasteiger partial charge in [-0.3, -0.25) is 0 Å². The van der Waals surface area contributed by atoms with E-state index in [9.17, 15) is 5.11 Å². The van der Waals surface area contributed by atoms with Gasteiger partial charge in [-0.1, -0.05) is 52.3 Å². The first kappa shape index (κ1) is 13.8. The van der Waals surface area contributed by atoms with Crippen LogP contribution >= 0.6 is 15.9 Å². The zero-order chi connectivity index (χ0) is 14.1. The molecule has 0 aliphatic carbocycles. The summed E-state index contributed by atoms with van der Waals surface area (Å²) in [7, 11) is 0. The first-order chi connectivity index (χ1) is 9.66. The van der Waals surface area contributed by atoms with Crippen LogP contribution in [-0.4, -0.2) is 11.7 Å². The van der Waals surface area contributed by atoms with Gasteiger partial charge in [-0.25, -0.2) is 0 Å². The lowest BCUT2D eigenvalue weighted by atomic mass is 9.88. The summed E-state index contributed by atoms with van der Waals surface area (Å²) in [5.41, 5.74) is 4.65. The molecule has 0 saturated heterocycles. The van der Waals surface area contributed by atoms with E-state index in [1.165, 1.54) is 11.1 Å². The SMILES string of the molecule is Cc1cc(C(O)C2NCCc3ccccc32)ccc1Br. The molecule has 0 aromatic heterocycles. The van der Waals surface area contributed by atoms with Crippen molar-refractivity contribution in [2.75, 3.05) is 6.54 Å². The number of aliphatic hydroxyl groups is 1. The van der Waals surface area contributed by atoms with E-state index in [0.717, 1.165) is 28.6 Å². The van der Waals surface area contributed by atoms with Crippen molar-refractivity contribution in [3.8, 4) is 0 Å². The first-order valence-corrected chi connectivity index (χ1v) is 7.71. The smallest absolute Gasteiger partial charge is 0.0984 e. The second-order valence-electron chi connectivity index (χ2n) is 5.33. The number of rotatable bonds is 2. The van der Waals surface area contributed by atoms with E-state index < -0.39 is 6.10 Å². The van der Waals surface area contributed by atoms with Crippen molar-refractivity contribution in [3.05, 3.63) is 69.2 Å². The minimum Gasteiger partial charge on any atom is -0.386 e. The fourth-order valence-electron chi connectivity index (χ4n) is 2.86. The van der Waals surface area contributed by atoms with Gasteiger partial charge < -0.3 is 10.4 Å². The van der Waals surface area contributed by atoms with Crippen molar-refractivity contribution >= 4 is 15.9 Å². The molecule has 2 N–H and O–H groups in total. The van der Waals surface area contributed by atoms with Crippen molar-refractivity contribution < 1.29 is 5.11 Å². The molecule has 0 amide bonds. The van der Waals surface area contributed by atoms with Crippen LogP contribution in [0.2, 0.25) is 0 Å². The van der Waals surface area contributed by atoms with E-state index in [2.05, 4.69) is 39.4 Å². The fraction of sp³-hybridized carbons (Fsp3) is 0.294. The van der Waals surface area contributed by atoms with Gasteiger partial charge in [0, 0.05) is 4.47 Å². The summed E-state index contributed by atoms with van der Waals surface area (Å²) in [6, 6.07) is 14.4. The van der Waals surface area contributed by atoms with Gasteiger partial charge in [0.05, 0.1) is 12.1 Å². The molecule has 0 bridgehead atoms. The summed E-state index contributed by atoms with van der Waals surface area (Å²) in [6.07, 6.45) is 0.502. The fourth-order valence-corrected chi connectivity index (χ4v) is 3.11. The molecule has 1 heterocycles. The Morgan fingerprint density at radius 1 is 1.25 bits per heavy atom. The molecule has 2 nitrogen and oxygen atoms in total. The van der Waals surface area contributed by atoms with Crippen molar-refractivity contribution in [2.45, 2.75) is 25.5 Å².